The first-order valence-corrected chi connectivity index (χ1v) is 7.60. The van der Waals surface area contributed by atoms with Crippen LogP contribution >= 0.6 is 0 Å². The molecule has 0 aliphatic carbocycles. The molecule has 1 unspecified atom stereocenters. The fourth-order valence-electron chi connectivity index (χ4n) is 1.98. The maximum Gasteiger partial charge on any atom is 0.328 e. The van der Waals surface area contributed by atoms with Crippen LogP contribution < -0.4 is 11.4 Å². The van der Waals surface area contributed by atoms with Gasteiger partial charge in [0, 0.05) is 18.6 Å². The minimum atomic E-state index is -1.38. The number of H-pyrrole nitrogens is 1. The van der Waals surface area contributed by atoms with Crippen molar-refractivity contribution in [3.8, 4) is 0 Å². The van der Waals surface area contributed by atoms with Crippen molar-refractivity contribution in [2.24, 2.45) is 0 Å². The molecule has 9 heteroatoms. The Bertz CT molecular complexity index is 886. The molecule has 21 heavy (non-hydrogen) atoms. The van der Waals surface area contributed by atoms with Crippen LogP contribution in [-0.4, -0.2) is 35.0 Å². The molecule has 0 aromatic carbocycles. The highest BCUT2D eigenvalue weighted by Crippen LogP contribution is 2.16. The standard InChI is InChI=1S/C12H12N6O2S/c1-21(20)11-16-9(13)8-10(17-11)18(12(19)15-8)6-7-3-2-4-14-5-7/h2-5H,6H2,1H3,(H,15,19)(H2,13,16,17). The van der Waals surface area contributed by atoms with Crippen LogP contribution in [0.5, 0.6) is 0 Å². The summed E-state index contributed by atoms with van der Waals surface area (Å²) in [6, 6.07) is 3.63. The smallest absolute Gasteiger partial charge is 0.328 e. The van der Waals surface area contributed by atoms with Crippen molar-refractivity contribution in [3.05, 3.63) is 40.6 Å². The van der Waals surface area contributed by atoms with Crippen molar-refractivity contribution < 1.29 is 4.21 Å². The number of aromatic amines is 1. The lowest BCUT2D eigenvalue weighted by Gasteiger charge is -2.04. The predicted molar refractivity (Wildman–Crippen MR) is 78.2 cm³/mol. The number of hydrogen-bond donors (Lipinski definition) is 2. The van der Waals surface area contributed by atoms with E-state index >= 15 is 0 Å². The molecule has 0 fully saturated rings. The van der Waals surface area contributed by atoms with E-state index in [4.69, 9.17) is 5.73 Å². The molecular weight excluding hydrogens is 292 g/mol. The number of imidazole rings is 1. The second kappa shape index (κ2) is 5.09. The third-order valence-electron chi connectivity index (χ3n) is 2.95. The van der Waals surface area contributed by atoms with E-state index in [1.165, 1.54) is 10.8 Å². The fraction of sp³-hybridized carbons (Fsp3) is 0.167. The summed E-state index contributed by atoms with van der Waals surface area (Å²) in [7, 11) is -1.38. The van der Waals surface area contributed by atoms with Crippen LogP contribution in [-0.2, 0) is 17.3 Å². The topological polar surface area (TPSA) is 120 Å². The number of anilines is 1. The second-order valence-electron chi connectivity index (χ2n) is 4.42. The first-order chi connectivity index (χ1) is 10.1. The monoisotopic (exact) mass is 304 g/mol. The van der Waals surface area contributed by atoms with E-state index < -0.39 is 10.8 Å². The van der Waals surface area contributed by atoms with Gasteiger partial charge in [0.25, 0.3) is 0 Å². The van der Waals surface area contributed by atoms with Crippen molar-refractivity contribution in [1.82, 2.24) is 24.5 Å². The molecule has 108 valence electrons. The summed E-state index contributed by atoms with van der Waals surface area (Å²) < 4.78 is 13.0. The fourth-order valence-corrected chi connectivity index (χ4v) is 2.42. The molecule has 0 saturated carbocycles. The molecule has 3 aromatic rings. The Hall–Kier alpha value is -2.55. The molecule has 0 saturated heterocycles. The van der Waals surface area contributed by atoms with Gasteiger partial charge in [-0.1, -0.05) is 6.07 Å². The summed E-state index contributed by atoms with van der Waals surface area (Å²) in [5, 5.41) is 0.0962. The lowest BCUT2D eigenvalue weighted by molar-refractivity contribution is 0.679. The van der Waals surface area contributed by atoms with Crippen LogP contribution in [0.2, 0.25) is 0 Å². The van der Waals surface area contributed by atoms with Crippen LogP contribution in [0, 0.1) is 0 Å². The molecule has 3 aromatic heterocycles. The molecule has 0 aliphatic heterocycles. The zero-order valence-corrected chi connectivity index (χ0v) is 11.9. The summed E-state index contributed by atoms with van der Waals surface area (Å²) in [5.41, 5.74) is 6.96. The van der Waals surface area contributed by atoms with Crippen molar-refractivity contribution in [2.45, 2.75) is 11.7 Å². The van der Waals surface area contributed by atoms with Crippen LogP contribution in [0.25, 0.3) is 11.2 Å². The first-order valence-electron chi connectivity index (χ1n) is 6.04. The van der Waals surface area contributed by atoms with Crippen LogP contribution in [0.3, 0.4) is 0 Å². The maximum atomic E-state index is 12.1. The highest BCUT2D eigenvalue weighted by Gasteiger charge is 2.15. The van der Waals surface area contributed by atoms with E-state index in [2.05, 4.69) is 19.9 Å². The third kappa shape index (κ3) is 2.42. The number of nitrogens with zero attached hydrogens (tertiary/aromatic N) is 4. The summed E-state index contributed by atoms with van der Waals surface area (Å²) in [5.74, 6) is 0.104. The van der Waals surface area contributed by atoms with Crippen molar-refractivity contribution >= 4 is 27.8 Å². The van der Waals surface area contributed by atoms with Gasteiger partial charge in [-0.25, -0.2) is 14.8 Å². The van der Waals surface area contributed by atoms with Gasteiger partial charge in [-0.2, -0.15) is 0 Å². The number of rotatable bonds is 3. The van der Waals surface area contributed by atoms with Gasteiger partial charge in [0.05, 0.1) is 17.3 Å². The minimum Gasteiger partial charge on any atom is -0.382 e. The zero-order valence-electron chi connectivity index (χ0n) is 11.1. The van der Waals surface area contributed by atoms with Crippen LogP contribution in [0.1, 0.15) is 5.56 Å². The molecule has 3 rings (SSSR count). The average Bonchev–Trinajstić information content (AvgIpc) is 2.77. The Labute approximate surface area is 121 Å². The van der Waals surface area contributed by atoms with Crippen molar-refractivity contribution in [2.75, 3.05) is 12.0 Å². The van der Waals surface area contributed by atoms with E-state index in [1.54, 1.807) is 18.5 Å². The van der Waals surface area contributed by atoms with E-state index in [0.717, 1.165) is 5.56 Å². The van der Waals surface area contributed by atoms with E-state index in [9.17, 15) is 9.00 Å². The lowest BCUT2D eigenvalue weighted by Crippen LogP contribution is -2.18. The van der Waals surface area contributed by atoms with Gasteiger partial charge in [-0.05, 0) is 11.6 Å². The summed E-state index contributed by atoms with van der Waals surface area (Å²) in [6.07, 6.45) is 4.77. The Kier molecular flexibility index (Phi) is 3.26. The molecule has 0 radical (unpaired) electrons. The Balaban J connectivity index is 2.20. The van der Waals surface area contributed by atoms with Gasteiger partial charge in [0.2, 0.25) is 5.16 Å². The SMILES string of the molecule is CS(=O)c1nc(N)c2[nH]c(=O)n(Cc3cccnc3)c2n1. The van der Waals surface area contributed by atoms with Gasteiger partial charge in [-0.15, -0.1) is 0 Å². The van der Waals surface area contributed by atoms with Crippen molar-refractivity contribution in [1.29, 1.82) is 0 Å². The van der Waals surface area contributed by atoms with Gasteiger partial charge in [0.15, 0.2) is 11.5 Å². The normalized spacial score (nSPS) is 12.6. The molecule has 0 aliphatic rings. The maximum absolute atomic E-state index is 12.1. The first kappa shape index (κ1) is 13.4. The number of hydrogen-bond acceptors (Lipinski definition) is 6. The molecule has 0 bridgehead atoms. The van der Waals surface area contributed by atoms with Crippen molar-refractivity contribution in [3.63, 3.8) is 0 Å². The number of nitrogens with two attached hydrogens (primary N) is 1. The zero-order chi connectivity index (χ0) is 15.0. The molecule has 0 spiro atoms. The second-order valence-corrected chi connectivity index (χ2v) is 5.70. The van der Waals surface area contributed by atoms with Gasteiger partial charge < -0.3 is 10.7 Å². The Morgan fingerprint density at radius 2 is 2.24 bits per heavy atom. The quantitative estimate of drug-likeness (QED) is 0.651. The number of aromatic nitrogens is 5. The summed E-state index contributed by atoms with van der Waals surface area (Å²) in [6.45, 7) is 0.291. The highest BCUT2D eigenvalue weighted by molar-refractivity contribution is 7.84. The Morgan fingerprint density at radius 3 is 2.90 bits per heavy atom. The molecule has 3 heterocycles. The number of nitrogens with one attached hydrogen (secondary N) is 1. The van der Waals surface area contributed by atoms with Gasteiger partial charge in [0.1, 0.15) is 5.52 Å². The van der Waals surface area contributed by atoms with Crippen LogP contribution in [0.4, 0.5) is 5.82 Å². The van der Waals surface area contributed by atoms with Gasteiger partial charge in [-0.3, -0.25) is 13.8 Å². The molecular formula is C12H12N6O2S. The molecule has 0 amide bonds. The van der Waals surface area contributed by atoms with E-state index in [1.807, 2.05) is 6.07 Å². The van der Waals surface area contributed by atoms with Crippen LogP contribution in [0.15, 0.2) is 34.5 Å². The van der Waals surface area contributed by atoms with Gasteiger partial charge >= 0.3 is 5.69 Å². The highest BCUT2D eigenvalue weighted by atomic mass is 32.2. The average molecular weight is 304 g/mol. The summed E-state index contributed by atoms with van der Waals surface area (Å²) in [4.78, 5) is 26.8. The molecule has 1 atom stereocenters. The largest absolute Gasteiger partial charge is 0.382 e. The lowest BCUT2D eigenvalue weighted by atomic mass is 10.3. The minimum absolute atomic E-state index is 0.0962. The predicted octanol–water partition coefficient (Wildman–Crippen LogP) is -0.118. The molecule has 3 N–H and O–H groups in total. The number of nitrogen functional groups attached to an aromatic ring is 1. The van der Waals surface area contributed by atoms with E-state index in [0.29, 0.717) is 17.7 Å². The van der Waals surface area contributed by atoms with E-state index in [-0.39, 0.29) is 16.7 Å². The summed E-state index contributed by atoms with van der Waals surface area (Å²) >= 11 is 0. The molecule has 8 nitrogen and oxygen atoms in total. The third-order valence-corrected chi connectivity index (χ3v) is 3.65. The number of pyridine rings is 1. The Morgan fingerprint density at radius 1 is 1.43 bits per heavy atom. The number of fused-ring (bicyclic) bond motifs is 1.